The first-order chi connectivity index (χ1) is 13.6. The molecule has 1 aromatic carbocycles. The number of aromatic nitrogens is 4. The molecule has 28 heavy (non-hydrogen) atoms. The van der Waals surface area contributed by atoms with Crippen LogP contribution in [0.25, 0.3) is 11.0 Å². The third kappa shape index (κ3) is 3.12. The molecule has 0 bridgehead atoms. The first-order valence-electron chi connectivity index (χ1n) is 9.32. The van der Waals surface area contributed by atoms with Gasteiger partial charge in [0.25, 0.3) is 5.56 Å². The summed E-state index contributed by atoms with van der Waals surface area (Å²) in [5, 5.41) is 10.1. The third-order valence-corrected chi connectivity index (χ3v) is 6.10. The largest absolute Gasteiger partial charge is 0.330 e. The van der Waals surface area contributed by atoms with E-state index in [-0.39, 0.29) is 6.04 Å². The summed E-state index contributed by atoms with van der Waals surface area (Å²) in [4.78, 5) is 36.8. The minimum atomic E-state index is -0.437. The first-order valence-corrected chi connectivity index (χ1v) is 10.3. The van der Waals surface area contributed by atoms with Gasteiger partial charge in [-0.1, -0.05) is 12.1 Å². The van der Waals surface area contributed by atoms with Gasteiger partial charge >= 0.3 is 5.69 Å². The lowest BCUT2D eigenvalue weighted by Crippen LogP contribution is -2.31. The maximum atomic E-state index is 12.6. The minimum Gasteiger partial charge on any atom is -0.274 e. The van der Waals surface area contributed by atoms with E-state index in [0.29, 0.717) is 33.3 Å². The van der Waals surface area contributed by atoms with Gasteiger partial charge in [0.2, 0.25) is 0 Å². The molecule has 0 saturated heterocycles. The van der Waals surface area contributed by atoms with E-state index in [0.717, 1.165) is 37.1 Å². The highest BCUT2D eigenvalue weighted by Gasteiger charge is 2.32. The number of benzene rings is 1. The molecular weight excluding hydrogens is 374 g/mol. The van der Waals surface area contributed by atoms with Crippen LogP contribution in [-0.4, -0.2) is 19.5 Å². The number of nitrogens with one attached hydrogen (secondary N) is 1. The molecule has 0 amide bonds. The van der Waals surface area contributed by atoms with Gasteiger partial charge in [-0.3, -0.25) is 14.3 Å². The second-order valence-electron chi connectivity index (χ2n) is 7.32. The number of rotatable bonds is 5. The number of hydrogen-bond donors (Lipinski definition) is 1. The Morgan fingerprint density at radius 2 is 2.04 bits per heavy atom. The average molecular weight is 391 g/mol. The van der Waals surface area contributed by atoms with E-state index >= 15 is 0 Å². The van der Waals surface area contributed by atoms with Gasteiger partial charge in [-0.25, -0.2) is 14.8 Å². The number of thioether (sulfide) groups is 1. The summed E-state index contributed by atoms with van der Waals surface area (Å²) in [6.45, 7) is 0. The van der Waals surface area contributed by atoms with Crippen molar-refractivity contribution in [1.29, 1.82) is 5.26 Å². The zero-order chi connectivity index (χ0) is 19.3. The lowest BCUT2D eigenvalue weighted by molar-refractivity contribution is 0.691. The number of hydrogen-bond acceptors (Lipinski definition) is 6. The maximum Gasteiger partial charge on any atom is 0.330 e. The van der Waals surface area contributed by atoms with Gasteiger partial charge < -0.3 is 0 Å². The van der Waals surface area contributed by atoms with Gasteiger partial charge in [0.05, 0.1) is 11.6 Å². The molecule has 1 N–H and O–H groups in total. The Morgan fingerprint density at radius 1 is 1.21 bits per heavy atom. The van der Waals surface area contributed by atoms with Crippen molar-refractivity contribution in [2.75, 3.05) is 0 Å². The molecule has 0 spiro atoms. The molecule has 3 aromatic rings. The van der Waals surface area contributed by atoms with Gasteiger partial charge in [-0.05, 0) is 43.4 Å². The van der Waals surface area contributed by atoms with Crippen molar-refractivity contribution in [3.8, 4) is 6.07 Å². The molecule has 2 aromatic heterocycles. The zero-order valence-electron chi connectivity index (χ0n) is 15.0. The van der Waals surface area contributed by atoms with E-state index in [1.165, 1.54) is 11.8 Å². The minimum absolute atomic E-state index is 0.110. The molecule has 0 radical (unpaired) electrons. The van der Waals surface area contributed by atoms with E-state index in [2.05, 4.69) is 21.0 Å². The number of aromatic amines is 1. The molecule has 0 unspecified atom stereocenters. The predicted octanol–water partition coefficient (Wildman–Crippen LogP) is 2.86. The van der Waals surface area contributed by atoms with E-state index in [1.54, 1.807) is 10.6 Å². The van der Waals surface area contributed by atoms with Gasteiger partial charge in [-0.15, -0.1) is 11.8 Å². The van der Waals surface area contributed by atoms with Crippen LogP contribution in [0.3, 0.4) is 0 Å². The Labute approximate surface area is 164 Å². The molecule has 2 aliphatic carbocycles. The zero-order valence-corrected chi connectivity index (χ0v) is 15.8. The van der Waals surface area contributed by atoms with Crippen LogP contribution in [0.4, 0.5) is 0 Å². The number of fused-ring (bicyclic) bond motifs is 1. The SMILES string of the molecule is N#Cc1cccc(CSc2nc(C3CC3)nc3c2c(=O)[nH]c(=O)n3C2CC2)c1. The van der Waals surface area contributed by atoms with Crippen LogP contribution in [0.5, 0.6) is 0 Å². The van der Waals surface area contributed by atoms with Crippen molar-refractivity contribution in [2.45, 2.75) is 48.4 Å². The summed E-state index contributed by atoms with van der Waals surface area (Å²) >= 11 is 1.45. The number of nitrogens with zero attached hydrogens (tertiary/aromatic N) is 4. The molecule has 7 nitrogen and oxygen atoms in total. The van der Waals surface area contributed by atoms with Crippen LogP contribution in [0.1, 0.15) is 54.6 Å². The van der Waals surface area contributed by atoms with Crippen LogP contribution in [-0.2, 0) is 5.75 Å². The highest BCUT2D eigenvalue weighted by Crippen LogP contribution is 2.41. The van der Waals surface area contributed by atoms with Crippen molar-refractivity contribution in [2.24, 2.45) is 0 Å². The van der Waals surface area contributed by atoms with E-state index in [9.17, 15) is 9.59 Å². The lowest BCUT2D eigenvalue weighted by Gasteiger charge is -2.12. The predicted molar refractivity (Wildman–Crippen MR) is 105 cm³/mol. The van der Waals surface area contributed by atoms with Gasteiger partial charge in [0, 0.05) is 17.7 Å². The van der Waals surface area contributed by atoms with Gasteiger partial charge in [0.15, 0.2) is 5.65 Å². The highest BCUT2D eigenvalue weighted by molar-refractivity contribution is 7.98. The fraction of sp³-hybridized carbons (Fsp3) is 0.350. The number of nitriles is 1. The van der Waals surface area contributed by atoms with Crippen LogP contribution in [0.2, 0.25) is 0 Å². The fourth-order valence-corrected chi connectivity index (χ4v) is 4.29. The van der Waals surface area contributed by atoms with Crippen LogP contribution in [0, 0.1) is 11.3 Å². The second-order valence-corrected chi connectivity index (χ2v) is 8.29. The molecule has 5 rings (SSSR count). The topological polar surface area (TPSA) is 104 Å². The Balaban J connectivity index is 1.62. The Hall–Kier alpha value is -2.92. The molecule has 140 valence electrons. The van der Waals surface area contributed by atoms with Crippen molar-refractivity contribution < 1.29 is 0 Å². The van der Waals surface area contributed by atoms with Crippen molar-refractivity contribution in [3.05, 3.63) is 62.1 Å². The average Bonchev–Trinajstić information content (AvgIpc) is 3.59. The Bertz CT molecular complexity index is 1250. The van der Waals surface area contributed by atoms with Crippen molar-refractivity contribution >= 4 is 22.8 Å². The number of H-pyrrole nitrogens is 1. The molecule has 2 saturated carbocycles. The summed E-state index contributed by atoms with van der Waals surface area (Å²) in [6.07, 6.45) is 3.92. The molecule has 2 aliphatic rings. The quantitative estimate of drug-likeness (QED) is 0.530. The lowest BCUT2D eigenvalue weighted by atomic mass is 10.2. The molecule has 0 atom stereocenters. The Morgan fingerprint density at radius 3 is 2.75 bits per heavy atom. The standard InChI is InChI=1S/C20H17N5O2S/c21-9-11-2-1-3-12(8-11)10-28-19-15-17(22-16(23-19)13-4-5-13)25(14-6-7-14)20(27)24-18(15)26/h1-3,8,13-14H,4-7,10H2,(H,24,26,27). The van der Waals surface area contributed by atoms with E-state index in [1.807, 2.05) is 18.2 Å². The maximum absolute atomic E-state index is 12.6. The van der Waals surface area contributed by atoms with Crippen molar-refractivity contribution in [3.63, 3.8) is 0 Å². The van der Waals surface area contributed by atoms with Crippen LogP contribution < -0.4 is 11.2 Å². The van der Waals surface area contributed by atoms with Crippen LogP contribution >= 0.6 is 11.8 Å². The molecule has 2 fully saturated rings. The summed E-state index contributed by atoms with van der Waals surface area (Å²) in [7, 11) is 0. The second kappa shape index (κ2) is 6.60. The Kier molecular flexibility index (Phi) is 4.05. The highest BCUT2D eigenvalue weighted by atomic mass is 32.2. The van der Waals surface area contributed by atoms with E-state index < -0.39 is 11.2 Å². The van der Waals surface area contributed by atoms with Gasteiger partial charge in [0.1, 0.15) is 16.2 Å². The summed E-state index contributed by atoms with van der Waals surface area (Å²) < 4.78 is 1.63. The van der Waals surface area contributed by atoms with Crippen LogP contribution in [0.15, 0.2) is 38.9 Å². The summed E-state index contributed by atoms with van der Waals surface area (Å²) in [5.74, 6) is 1.61. The van der Waals surface area contributed by atoms with Crippen molar-refractivity contribution in [1.82, 2.24) is 19.5 Å². The third-order valence-electron chi connectivity index (χ3n) is 5.05. The normalized spacial score (nSPS) is 16.2. The molecule has 0 aliphatic heterocycles. The first kappa shape index (κ1) is 17.2. The van der Waals surface area contributed by atoms with E-state index in [4.69, 9.17) is 5.26 Å². The molecular formula is C20H17N5O2S. The summed E-state index contributed by atoms with van der Waals surface area (Å²) in [5.41, 5.74) is 1.22. The molecule has 2 heterocycles. The summed E-state index contributed by atoms with van der Waals surface area (Å²) in [6, 6.07) is 9.64. The smallest absolute Gasteiger partial charge is 0.274 e. The molecule has 8 heteroatoms. The fourth-order valence-electron chi connectivity index (χ4n) is 3.32. The monoisotopic (exact) mass is 391 g/mol. The van der Waals surface area contributed by atoms with Gasteiger partial charge in [-0.2, -0.15) is 5.26 Å².